The molecule has 1 aliphatic rings. The Morgan fingerprint density at radius 1 is 1.17 bits per heavy atom. The summed E-state index contributed by atoms with van der Waals surface area (Å²) in [5.74, 6) is -0.891. The van der Waals surface area contributed by atoms with Gasteiger partial charge in [-0.3, -0.25) is 9.78 Å². The van der Waals surface area contributed by atoms with Crippen molar-refractivity contribution in [2.75, 3.05) is 6.61 Å². The van der Waals surface area contributed by atoms with Crippen LogP contribution in [0.1, 0.15) is 48.3 Å². The number of rotatable bonds is 7. The number of allylic oxidation sites excluding steroid dienone is 2. The Hall–Kier alpha value is -2.71. The summed E-state index contributed by atoms with van der Waals surface area (Å²) in [7, 11) is 0. The van der Waals surface area contributed by atoms with Crippen LogP contribution in [0.2, 0.25) is 0 Å². The molecule has 2 heterocycles. The molecule has 160 valence electrons. The van der Waals surface area contributed by atoms with Crippen LogP contribution in [0.15, 0.2) is 60.9 Å². The summed E-state index contributed by atoms with van der Waals surface area (Å²) in [5, 5.41) is 8.71. The van der Waals surface area contributed by atoms with Crippen molar-refractivity contribution >= 4 is 5.97 Å². The molecule has 1 aliphatic heterocycles. The third kappa shape index (κ3) is 5.90. The van der Waals surface area contributed by atoms with E-state index < -0.39 is 24.0 Å². The van der Waals surface area contributed by atoms with Crippen molar-refractivity contribution in [3.63, 3.8) is 0 Å². The molecule has 0 amide bonds. The zero-order chi connectivity index (χ0) is 21.6. The second-order valence-corrected chi connectivity index (χ2v) is 7.03. The highest BCUT2D eigenvalue weighted by atomic mass is 19.4. The molecule has 0 saturated carbocycles. The van der Waals surface area contributed by atoms with Crippen LogP contribution in [0, 0.1) is 5.92 Å². The third-order valence-electron chi connectivity index (χ3n) is 4.81. The van der Waals surface area contributed by atoms with Crippen molar-refractivity contribution in [1.82, 2.24) is 4.98 Å². The SMILES string of the molecule is O=C(O)CC/C=C\C[C@H]1CO[C@@H](c2ccc(C(F)(F)F)cc2)O[C@H]1c1cccnc1. The van der Waals surface area contributed by atoms with Crippen LogP contribution >= 0.6 is 0 Å². The molecule has 1 saturated heterocycles. The van der Waals surface area contributed by atoms with Gasteiger partial charge in [0, 0.05) is 30.3 Å². The maximum atomic E-state index is 12.8. The topological polar surface area (TPSA) is 68.7 Å². The second kappa shape index (κ2) is 9.86. The van der Waals surface area contributed by atoms with Crippen molar-refractivity contribution in [3.05, 3.63) is 77.6 Å². The zero-order valence-corrected chi connectivity index (χ0v) is 16.1. The number of alkyl halides is 3. The van der Waals surface area contributed by atoms with E-state index in [-0.39, 0.29) is 18.4 Å². The Morgan fingerprint density at radius 2 is 1.93 bits per heavy atom. The van der Waals surface area contributed by atoms with Gasteiger partial charge in [-0.15, -0.1) is 0 Å². The summed E-state index contributed by atoms with van der Waals surface area (Å²) in [6.45, 7) is 0.342. The molecule has 1 aromatic heterocycles. The number of hydrogen-bond donors (Lipinski definition) is 1. The van der Waals surface area contributed by atoms with Gasteiger partial charge >= 0.3 is 12.1 Å². The summed E-state index contributed by atoms with van der Waals surface area (Å²) < 4.78 is 50.3. The second-order valence-electron chi connectivity index (χ2n) is 7.03. The lowest BCUT2D eigenvalue weighted by molar-refractivity contribution is -0.244. The van der Waals surface area contributed by atoms with E-state index in [4.69, 9.17) is 14.6 Å². The molecule has 0 bridgehead atoms. The summed E-state index contributed by atoms with van der Waals surface area (Å²) >= 11 is 0. The van der Waals surface area contributed by atoms with Crippen LogP contribution in [-0.4, -0.2) is 22.7 Å². The average molecular weight is 421 g/mol. The Bertz CT molecular complexity index is 853. The van der Waals surface area contributed by atoms with E-state index in [0.29, 0.717) is 25.0 Å². The standard InChI is InChI=1S/C22H22F3NO4/c23-22(24,25)18-10-8-15(9-11-18)21-29-14-17(5-2-1-3-7-19(27)28)20(30-21)16-6-4-12-26-13-16/h1-2,4,6,8-13,17,20-21H,3,5,7,14H2,(H,27,28)/b2-1-/t17-,20-,21+/m0/s1. The first-order valence-corrected chi connectivity index (χ1v) is 9.55. The van der Waals surface area contributed by atoms with E-state index in [2.05, 4.69) is 4.98 Å². The molecule has 2 aromatic rings. The van der Waals surface area contributed by atoms with E-state index in [1.165, 1.54) is 12.1 Å². The Balaban J connectivity index is 1.72. The molecule has 5 nitrogen and oxygen atoms in total. The molecule has 8 heteroatoms. The van der Waals surface area contributed by atoms with Gasteiger partial charge in [0.05, 0.1) is 18.3 Å². The molecular weight excluding hydrogens is 399 g/mol. The van der Waals surface area contributed by atoms with E-state index in [9.17, 15) is 18.0 Å². The number of carboxylic acid groups (broad SMARTS) is 1. The molecular formula is C22H22F3NO4. The predicted octanol–water partition coefficient (Wildman–Crippen LogP) is 5.31. The number of aliphatic carboxylic acids is 1. The van der Waals surface area contributed by atoms with Gasteiger partial charge in [0.1, 0.15) is 0 Å². The first-order valence-electron chi connectivity index (χ1n) is 9.55. The van der Waals surface area contributed by atoms with E-state index in [1.54, 1.807) is 18.5 Å². The van der Waals surface area contributed by atoms with Crippen molar-refractivity contribution in [2.45, 2.75) is 37.8 Å². The normalized spacial score (nSPS) is 22.3. The van der Waals surface area contributed by atoms with Gasteiger partial charge in [-0.05, 0) is 36.6 Å². The molecule has 0 radical (unpaired) electrons. The van der Waals surface area contributed by atoms with Gasteiger partial charge in [-0.2, -0.15) is 13.2 Å². The number of carboxylic acids is 1. The lowest BCUT2D eigenvalue weighted by atomic mass is 9.92. The number of carbonyl (C=O) groups is 1. The van der Waals surface area contributed by atoms with Crippen molar-refractivity contribution < 1.29 is 32.5 Å². The summed E-state index contributed by atoms with van der Waals surface area (Å²) in [4.78, 5) is 14.7. The maximum absolute atomic E-state index is 12.8. The minimum Gasteiger partial charge on any atom is -0.481 e. The number of pyridine rings is 1. The molecule has 1 N–H and O–H groups in total. The van der Waals surface area contributed by atoms with Crippen LogP contribution in [0.25, 0.3) is 0 Å². The maximum Gasteiger partial charge on any atom is 0.416 e. The van der Waals surface area contributed by atoms with Gasteiger partial charge < -0.3 is 14.6 Å². The highest BCUT2D eigenvalue weighted by Crippen LogP contribution is 2.40. The van der Waals surface area contributed by atoms with E-state index >= 15 is 0 Å². The smallest absolute Gasteiger partial charge is 0.416 e. The third-order valence-corrected chi connectivity index (χ3v) is 4.81. The molecule has 0 unspecified atom stereocenters. The number of halogens is 3. The van der Waals surface area contributed by atoms with Gasteiger partial charge in [0.25, 0.3) is 0 Å². The molecule has 0 aliphatic carbocycles. The fourth-order valence-electron chi connectivity index (χ4n) is 3.27. The minimum absolute atomic E-state index is 0.0408. The number of ether oxygens (including phenoxy) is 2. The van der Waals surface area contributed by atoms with Crippen LogP contribution in [0.3, 0.4) is 0 Å². The lowest BCUT2D eigenvalue weighted by Gasteiger charge is -2.36. The number of hydrogen-bond acceptors (Lipinski definition) is 4. The Kier molecular flexibility index (Phi) is 7.23. The number of nitrogens with zero attached hydrogens (tertiary/aromatic N) is 1. The quantitative estimate of drug-likeness (QED) is 0.614. The van der Waals surface area contributed by atoms with Gasteiger partial charge in [0.15, 0.2) is 6.29 Å². The Morgan fingerprint density at radius 3 is 2.57 bits per heavy atom. The van der Waals surface area contributed by atoms with Crippen LogP contribution < -0.4 is 0 Å². The van der Waals surface area contributed by atoms with Gasteiger partial charge in [0.2, 0.25) is 0 Å². The zero-order valence-electron chi connectivity index (χ0n) is 16.1. The van der Waals surface area contributed by atoms with E-state index in [1.807, 2.05) is 18.2 Å². The van der Waals surface area contributed by atoms with Crippen molar-refractivity contribution in [2.24, 2.45) is 5.92 Å². The van der Waals surface area contributed by atoms with Gasteiger partial charge in [-0.25, -0.2) is 0 Å². The minimum atomic E-state index is -4.40. The first kappa shape index (κ1) is 22.0. The lowest BCUT2D eigenvalue weighted by Crippen LogP contribution is -2.30. The van der Waals surface area contributed by atoms with Crippen LogP contribution in [0.4, 0.5) is 13.2 Å². The monoisotopic (exact) mass is 421 g/mol. The average Bonchev–Trinajstić information content (AvgIpc) is 2.73. The number of benzene rings is 1. The largest absolute Gasteiger partial charge is 0.481 e. The molecule has 0 spiro atoms. The molecule has 1 fully saturated rings. The number of aromatic nitrogens is 1. The molecule has 1 aromatic carbocycles. The molecule has 3 rings (SSSR count). The highest BCUT2D eigenvalue weighted by molar-refractivity contribution is 5.66. The van der Waals surface area contributed by atoms with Gasteiger partial charge in [-0.1, -0.05) is 30.4 Å². The van der Waals surface area contributed by atoms with Crippen LogP contribution in [0.5, 0.6) is 0 Å². The first-order chi connectivity index (χ1) is 14.3. The Labute approximate surface area is 172 Å². The van der Waals surface area contributed by atoms with Crippen molar-refractivity contribution in [1.29, 1.82) is 0 Å². The predicted molar refractivity (Wildman–Crippen MR) is 102 cm³/mol. The summed E-state index contributed by atoms with van der Waals surface area (Å²) in [6.07, 6.45) is 2.64. The summed E-state index contributed by atoms with van der Waals surface area (Å²) in [5.41, 5.74) is 0.629. The van der Waals surface area contributed by atoms with Crippen LogP contribution in [-0.2, 0) is 20.4 Å². The van der Waals surface area contributed by atoms with E-state index in [0.717, 1.165) is 17.7 Å². The fraction of sp³-hybridized carbons (Fsp3) is 0.364. The summed E-state index contributed by atoms with van der Waals surface area (Å²) in [6, 6.07) is 8.42. The fourth-order valence-corrected chi connectivity index (χ4v) is 3.27. The molecule has 30 heavy (non-hydrogen) atoms. The van der Waals surface area contributed by atoms with Crippen molar-refractivity contribution in [3.8, 4) is 0 Å². The highest BCUT2D eigenvalue weighted by Gasteiger charge is 2.34. The molecule has 3 atom stereocenters.